The molecule has 0 saturated heterocycles. The fourth-order valence-electron chi connectivity index (χ4n) is 1.66. The summed E-state index contributed by atoms with van der Waals surface area (Å²) >= 11 is 0. The number of hydrogen-bond acceptors (Lipinski definition) is 2. The van der Waals surface area contributed by atoms with Crippen LogP contribution < -0.4 is 5.32 Å². The second kappa shape index (κ2) is 3.90. The van der Waals surface area contributed by atoms with Crippen LogP contribution in [-0.2, 0) is 4.79 Å². The van der Waals surface area contributed by atoms with Gasteiger partial charge in [-0.05, 0) is 19.8 Å². The minimum absolute atomic E-state index is 0.0520. The molecule has 1 amide bonds. The molecule has 0 saturated carbocycles. The highest BCUT2D eigenvalue weighted by atomic mass is 16.1. The van der Waals surface area contributed by atoms with E-state index < -0.39 is 0 Å². The van der Waals surface area contributed by atoms with Crippen molar-refractivity contribution in [2.75, 3.05) is 13.1 Å². The highest BCUT2D eigenvalue weighted by Crippen LogP contribution is 2.31. The number of nitrogens with zero attached hydrogens (tertiary/aromatic N) is 1. The van der Waals surface area contributed by atoms with Gasteiger partial charge in [-0.25, -0.2) is 0 Å². The molecule has 1 aliphatic rings. The van der Waals surface area contributed by atoms with Crippen LogP contribution in [0.4, 0.5) is 0 Å². The molecule has 1 aliphatic heterocycles. The van der Waals surface area contributed by atoms with Gasteiger partial charge < -0.3 is 5.32 Å². The topological polar surface area (TPSA) is 41.5 Å². The Kier molecular flexibility index (Phi) is 3.07. The molecule has 0 aromatic rings. The molecule has 0 aromatic heterocycles. The number of rotatable bonds is 3. The summed E-state index contributed by atoms with van der Waals surface area (Å²) in [5, 5.41) is 2.82. The average molecular weight is 182 g/mol. The van der Waals surface area contributed by atoms with Crippen molar-refractivity contribution in [2.45, 2.75) is 33.6 Å². The Morgan fingerprint density at radius 1 is 1.69 bits per heavy atom. The van der Waals surface area contributed by atoms with E-state index in [2.05, 4.69) is 24.2 Å². The molecule has 3 nitrogen and oxygen atoms in total. The molecule has 0 radical (unpaired) electrons. The second-order valence-corrected chi connectivity index (χ2v) is 4.01. The first-order valence-electron chi connectivity index (χ1n) is 4.80. The molecule has 3 heteroatoms. The lowest BCUT2D eigenvalue weighted by Crippen LogP contribution is -2.30. The minimum atomic E-state index is 0.0520. The van der Waals surface area contributed by atoms with Crippen LogP contribution in [0.5, 0.6) is 0 Å². The van der Waals surface area contributed by atoms with Crippen molar-refractivity contribution >= 4 is 11.6 Å². The average Bonchev–Trinajstić information content (AvgIpc) is 2.32. The Labute approximate surface area is 79.6 Å². The molecular formula is C10H18N2O. The van der Waals surface area contributed by atoms with E-state index in [-0.39, 0.29) is 11.3 Å². The Bertz CT molecular complexity index is 235. The maximum absolute atomic E-state index is 10.7. The summed E-state index contributed by atoms with van der Waals surface area (Å²) in [4.78, 5) is 15.1. The van der Waals surface area contributed by atoms with Crippen molar-refractivity contribution in [3.05, 3.63) is 0 Å². The van der Waals surface area contributed by atoms with Crippen LogP contribution >= 0.6 is 0 Å². The van der Waals surface area contributed by atoms with E-state index in [4.69, 9.17) is 0 Å². The molecule has 1 atom stereocenters. The first-order chi connectivity index (χ1) is 6.04. The smallest absolute Gasteiger partial charge is 0.216 e. The summed E-state index contributed by atoms with van der Waals surface area (Å²) in [7, 11) is 0. The molecule has 1 rings (SSSR count). The van der Waals surface area contributed by atoms with Crippen LogP contribution in [0.15, 0.2) is 4.99 Å². The number of carbonyl (C=O) groups is 1. The van der Waals surface area contributed by atoms with Gasteiger partial charge in [-0.3, -0.25) is 9.79 Å². The molecule has 0 aliphatic carbocycles. The van der Waals surface area contributed by atoms with Crippen molar-refractivity contribution in [3.63, 3.8) is 0 Å². The Morgan fingerprint density at radius 3 is 2.85 bits per heavy atom. The predicted molar refractivity (Wildman–Crippen MR) is 54.0 cm³/mol. The fraction of sp³-hybridized carbons (Fsp3) is 0.800. The zero-order valence-electron chi connectivity index (χ0n) is 8.68. The largest absolute Gasteiger partial charge is 0.356 e. The second-order valence-electron chi connectivity index (χ2n) is 4.01. The summed E-state index contributed by atoms with van der Waals surface area (Å²) in [6.45, 7) is 7.57. The first-order valence-corrected chi connectivity index (χ1v) is 4.80. The van der Waals surface area contributed by atoms with Crippen LogP contribution in [0, 0.1) is 5.41 Å². The van der Waals surface area contributed by atoms with Gasteiger partial charge in [-0.2, -0.15) is 0 Å². The van der Waals surface area contributed by atoms with E-state index in [9.17, 15) is 4.79 Å². The van der Waals surface area contributed by atoms with Gasteiger partial charge in [0.1, 0.15) is 0 Å². The third-order valence-corrected chi connectivity index (χ3v) is 2.94. The molecule has 0 aromatic carbocycles. The zero-order chi connectivity index (χ0) is 9.90. The van der Waals surface area contributed by atoms with Crippen LogP contribution in [0.1, 0.15) is 33.6 Å². The SMILES string of the molecule is CC(=O)NCCC1(C)CCN=C1C. The standard InChI is InChI=1S/C10H18N2O/c1-8-10(3,4-6-11-8)5-7-12-9(2)13/h4-7H2,1-3H3,(H,12,13). The summed E-state index contributed by atoms with van der Waals surface area (Å²) in [6, 6.07) is 0. The Morgan fingerprint density at radius 2 is 2.38 bits per heavy atom. The zero-order valence-corrected chi connectivity index (χ0v) is 8.68. The number of aliphatic imine (C=N–C) groups is 1. The van der Waals surface area contributed by atoms with Gasteiger partial charge in [-0.15, -0.1) is 0 Å². The maximum atomic E-state index is 10.7. The third-order valence-electron chi connectivity index (χ3n) is 2.94. The van der Waals surface area contributed by atoms with Gasteiger partial charge in [0.25, 0.3) is 0 Å². The Balaban J connectivity index is 2.35. The van der Waals surface area contributed by atoms with Crippen molar-refractivity contribution in [1.82, 2.24) is 5.32 Å². The van der Waals surface area contributed by atoms with E-state index in [0.717, 1.165) is 25.9 Å². The highest BCUT2D eigenvalue weighted by Gasteiger charge is 2.30. The number of carbonyl (C=O) groups excluding carboxylic acids is 1. The van der Waals surface area contributed by atoms with E-state index >= 15 is 0 Å². The lowest BCUT2D eigenvalue weighted by Gasteiger charge is -2.24. The van der Waals surface area contributed by atoms with Crippen molar-refractivity contribution in [2.24, 2.45) is 10.4 Å². The number of amides is 1. The van der Waals surface area contributed by atoms with Crippen molar-refractivity contribution < 1.29 is 4.79 Å². The van der Waals surface area contributed by atoms with E-state index in [0.29, 0.717) is 0 Å². The third kappa shape index (κ3) is 2.54. The molecule has 1 unspecified atom stereocenters. The van der Waals surface area contributed by atoms with E-state index in [1.165, 1.54) is 5.71 Å². The minimum Gasteiger partial charge on any atom is -0.356 e. The first kappa shape index (κ1) is 10.2. The monoisotopic (exact) mass is 182 g/mol. The summed E-state index contributed by atoms with van der Waals surface area (Å²) < 4.78 is 0. The van der Waals surface area contributed by atoms with Gasteiger partial charge in [-0.1, -0.05) is 6.92 Å². The van der Waals surface area contributed by atoms with Gasteiger partial charge in [0.15, 0.2) is 0 Å². The molecule has 13 heavy (non-hydrogen) atoms. The molecule has 0 spiro atoms. The molecular weight excluding hydrogens is 164 g/mol. The lowest BCUT2D eigenvalue weighted by atomic mass is 9.81. The summed E-state index contributed by atoms with van der Waals surface area (Å²) in [5.41, 5.74) is 1.46. The predicted octanol–water partition coefficient (Wildman–Crippen LogP) is 1.38. The van der Waals surface area contributed by atoms with Gasteiger partial charge >= 0.3 is 0 Å². The number of nitrogens with one attached hydrogen (secondary N) is 1. The lowest BCUT2D eigenvalue weighted by molar-refractivity contribution is -0.119. The van der Waals surface area contributed by atoms with Crippen LogP contribution in [0.2, 0.25) is 0 Å². The maximum Gasteiger partial charge on any atom is 0.216 e. The molecule has 0 fully saturated rings. The van der Waals surface area contributed by atoms with Gasteiger partial charge in [0.05, 0.1) is 0 Å². The summed E-state index contributed by atoms with van der Waals surface area (Å²) in [6.07, 6.45) is 2.13. The Hall–Kier alpha value is -0.860. The molecule has 1 N–H and O–H groups in total. The molecule has 74 valence electrons. The normalized spacial score (nSPS) is 27.2. The molecule has 0 bridgehead atoms. The fourth-order valence-corrected chi connectivity index (χ4v) is 1.66. The quantitative estimate of drug-likeness (QED) is 0.704. The van der Waals surface area contributed by atoms with Crippen molar-refractivity contribution in [3.8, 4) is 0 Å². The van der Waals surface area contributed by atoms with E-state index in [1.54, 1.807) is 6.92 Å². The van der Waals surface area contributed by atoms with E-state index in [1.807, 2.05) is 0 Å². The number of hydrogen-bond donors (Lipinski definition) is 1. The van der Waals surface area contributed by atoms with Crippen LogP contribution in [-0.4, -0.2) is 24.7 Å². The van der Waals surface area contributed by atoms with Crippen molar-refractivity contribution in [1.29, 1.82) is 0 Å². The summed E-state index contributed by atoms with van der Waals surface area (Å²) in [5.74, 6) is 0.0520. The van der Waals surface area contributed by atoms with Crippen LogP contribution in [0.3, 0.4) is 0 Å². The molecule has 1 heterocycles. The van der Waals surface area contributed by atoms with Gasteiger partial charge in [0, 0.05) is 31.1 Å². The van der Waals surface area contributed by atoms with Crippen LogP contribution in [0.25, 0.3) is 0 Å². The highest BCUT2D eigenvalue weighted by molar-refractivity contribution is 5.89. The van der Waals surface area contributed by atoms with Gasteiger partial charge in [0.2, 0.25) is 5.91 Å².